The summed E-state index contributed by atoms with van der Waals surface area (Å²) in [7, 11) is -3.42. The van der Waals surface area contributed by atoms with Crippen LogP contribution in [0.15, 0.2) is 54.6 Å². The Hall–Kier alpha value is -2.34. The lowest BCUT2D eigenvalue weighted by Crippen LogP contribution is -2.33. The van der Waals surface area contributed by atoms with Crippen molar-refractivity contribution in [3.05, 3.63) is 65.7 Å². The Morgan fingerprint density at radius 3 is 2.20 bits per heavy atom. The first-order valence-corrected chi connectivity index (χ1v) is 12.5. The highest BCUT2D eigenvalue weighted by atomic mass is 32.2. The molecule has 1 atom stereocenters. The zero-order valence-corrected chi connectivity index (χ0v) is 19.3. The first kappa shape index (κ1) is 23.9. The summed E-state index contributed by atoms with van der Waals surface area (Å²) in [6, 6.07) is 17.5. The molecular formula is C24H34N2O3S. The van der Waals surface area contributed by atoms with Crippen LogP contribution in [-0.2, 0) is 21.2 Å². The molecule has 5 nitrogen and oxygen atoms in total. The van der Waals surface area contributed by atoms with Gasteiger partial charge in [-0.2, -0.15) is 0 Å². The Balaban J connectivity index is 1.98. The van der Waals surface area contributed by atoms with E-state index >= 15 is 0 Å². The van der Waals surface area contributed by atoms with Crippen molar-refractivity contribution in [3.63, 3.8) is 0 Å². The molecule has 0 heterocycles. The van der Waals surface area contributed by atoms with Gasteiger partial charge in [-0.15, -0.1) is 0 Å². The van der Waals surface area contributed by atoms with Crippen LogP contribution in [0.1, 0.15) is 57.2 Å². The Morgan fingerprint density at radius 1 is 1.03 bits per heavy atom. The minimum atomic E-state index is -3.42. The van der Waals surface area contributed by atoms with E-state index in [9.17, 15) is 13.2 Å². The van der Waals surface area contributed by atoms with Crippen molar-refractivity contribution in [1.29, 1.82) is 0 Å². The lowest BCUT2D eigenvalue weighted by Gasteiger charge is -2.24. The van der Waals surface area contributed by atoms with Gasteiger partial charge in [0, 0.05) is 13.0 Å². The van der Waals surface area contributed by atoms with Gasteiger partial charge in [0.05, 0.1) is 18.0 Å². The summed E-state index contributed by atoms with van der Waals surface area (Å²) >= 11 is 0. The molecule has 1 unspecified atom stereocenters. The molecule has 30 heavy (non-hydrogen) atoms. The van der Waals surface area contributed by atoms with Crippen molar-refractivity contribution < 1.29 is 13.2 Å². The fourth-order valence-electron chi connectivity index (χ4n) is 3.47. The molecule has 1 N–H and O–H groups in total. The number of nitrogens with one attached hydrogen (secondary N) is 1. The van der Waals surface area contributed by atoms with Gasteiger partial charge in [0.2, 0.25) is 15.9 Å². The number of carbonyl (C=O) groups is 1. The lowest BCUT2D eigenvalue weighted by atomic mass is 9.97. The molecule has 0 spiro atoms. The zero-order valence-electron chi connectivity index (χ0n) is 18.5. The number of hydrogen-bond donors (Lipinski definition) is 1. The molecule has 0 bridgehead atoms. The van der Waals surface area contributed by atoms with Gasteiger partial charge in [-0.05, 0) is 48.4 Å². The second kappa shape index (κ2) is 11.2. The lowest BCUT2D eigenvalue weighted by molar-refractivity contribution is -0.122. The summed E-state index contributed by atoms with van der Waals surface area (Å²) in [5.74, 6) is 0.390. The standard InChI is InChI=1S/C24H34N2O3S/c1-5-20-13-15-22(16-14-20)26(30(4,28)29)17-9-12-24(27)25-23(18-19(2)3)21-10-7-6-8-11-21/h6-8,10-11,13-16,19,23H,5,9,12,17-18H2,1-4H3,(H,25,27). The zero-order chi connectivity index (χ0) is 22.1. The smallest absolute Gasteiger partial charge is 0.232 e. The molecular weight excluding hydrogens is 396 g/mol. The minimum absolute atomic E-state index is 0.0358. The summed E-state index contributed by atoms with van der Waals surface area (Å²) in [4.78, 5) is 12.6. The minimum Gasteiger partial charge on any atom is -0.349 e. The van der Waals surface area contributed by atoms with Gasteiger partial charge in [-0.1, -0.05) is 63.2 Å². The molecule has 2 rings (SSSR count). The predicted octanol–water partition coefficient (Wildman–Crippen LogP) is 4.70. The second-order valence-electron chi connectivity index (χ2n) is 8.12. The number of rotatable bonds is 11. The molecule has 6 heteroatoms. The molecule has 2 aromatic carbocycles. The number of anilines is 1. The largest absolute Gasteiger partial charge is 0.349 e. The van der Waals surface area contributed by atoms with Crippen LogP contribution in [0.2, 0.25) is 0 Å². The third-order valence-corrected chi connectivity index (χ3v) is 6.24. The fourth-order valence-corrected chi connectivity index (χ4v) is 4.43. The van der Waals surface area contributed by atoms with Gasteiger partial charge in [0.25, 0.3) is 0 Å². The Bertz CT molecular complexity index is 894. The molecule has 2 aromatic rings. The number of amides is 1. The van der Waals surface area contributed by atoms with Crippen molar-refractivity contribution in [2.75, 3.05) is 17.1 Å². The van der Waals surface area contributed by atoms with Crippen molar-refractivity contribution in [3.8, 4) is 0 Å². The molecule has 1 amide bonds. The normalized spacial score (nSPS) is 12.6. The van der Waals surface area contributed by atoms with Crippen LogP contribution >= 0.6 is 0 Å². The SMILES string of the molecule is CCc1ccc(N(CCCC(=O)NC(CC(C)C)c2ccccc2)S(C)(=O)=O)cc1. The Labute approximate surface area is 181 Å². The van der Waals surface area contributed by atoms with Crippen LogP contribution in [0.3, 0.4) is 0 Å². The fraction of sp³-hybridized carbons (Fsp3) is 0.458. The summed E-state index contributed by atoms with van der Waals surface area (Å²) in [5.41, 5.74) is 2.88. The second-order valence-corrected chi connectivity index (χ2v) is 10.0. The number of nitrogens with zero attached hydrogens (tertiary/aromatic N) is 1. The van der Waals surface area contributed by atoms with E-state index in [1.54, 1.807) is 0 Å². The Morgan fingerprint density at radius 2 is 1.67 bits per heavy atom. The van der Waals surface area contributed by atoms with Crippen LogP contribution in [0.25, 0.3) is 0 Å². The maximum atomic E-state index is 12.6. The average molecular weight is 431 g/mol. The van der Waals surface area contributed by atoms with E-state index in [0.717, 1.165) is 24.0 Å². The quantitative estimate of drug-likeness (QED) is 0.562. The van der Waals surface area contributed by atoms with Gasteiger partial charge in [-0.25, -0.2) is 8.42 Å². The van der Waals surface area contributed by atoms with Gasteiger partial charge in [0.15, 0.2) is 0 Å². The molecule has 0 aliphatic carbocycles. The average Bonchev–Trinajstić information content (AvgIpc) is 2.70. The highest BCUT2D eigenvalue weighted by molar-refractivity contribution is 7.92. The maximum Gasteiger partial charge on any atom is 0.232 e. The number of benzene rings is 2. The van der Waals surface area contributed by atoms with Gasteiger partial charge in [-0.3, -0.25) is 9.10 Å². The van der Waals surface area contributed by atoms with Gasteiger partial charge in [0.1, 0.15) is 0 Å². The number of carbonyl (C=O) groups excluding carboxylic acids is 1. The molecule has 0 radical (unpaired) electrons. The van der Waals surface area contributed by atoms with Crippen molar-refractivity contribution in [2.45, 2.75) is 52.5 Å². The van der Waals surface area contributed by atoms with E-state index in [2.05, 4.69) is 26.1 Å². The molecule has 0 aliphatic heterocycles. The molecule has 0 saturated carbocycles. The number of hydrogen-bond acceptors (Lipinski definition) is 3. The highest BCUT2D eigenvalue weighted by Crippen LogP contribution is 2.22. The van der Waals surface area contributed by atoms with E-state index in [-0.39, 0.29) is 24.9 Å². The summed E-state index contributed by atoms with van der Waals surface area (Å²) in [6.07, 6.45) is 3.69. The maximum absolute atomic E-state index is 12.6. The van der Waals surface area contributed by atoms with E-state index < -0.39 is 10.0 Å². The van der Waals surface area contributed by atoms with Crippen molar-refractivity contribution in [2.24, 2.45) is 5.92 Å². The molecule has 0 saturated heterocycles. The molecule has 0 aliphatic rings. The molecule has 164 valence electrons. The predicted molar refractivity (Wildman–Crippen MR) is 124 cm³/mol. The van der Waals surface area contributed by atoms with E-state index in [0.29, 0.717) is 18.0 Å². The highest BCUT2D eigenvalue weighted by Gasteiger charge is 2.19. The monoisotopic (exact) mass is 430 g/mol. The van der Waals surface area contributed by atoms with E-state index in [4.69, 9.17) is 0 Å². The van der Waals surface area contributed by atoms with Crippen LogP contribution in [0.4, 0.5) is 5.69 Å². The third kappa shape index (κ3) is 7.48. The first-order chi connectivity index (χ1) is 14.2. The Kier molecular flexibility index (Phi) is 8.90. The molecule has 0 fully saturated rings. The first-order valence-electron chi connectivity index (χ1n) is 10.6. The van der Waals surface area contributed by atoms with E-state index in [1.165, 1.54) is 10.6 Å². The van der Waals surface area contributed by atoms with Crippen LogP contribution in [0, 0.1) is 5.92 Å². The number of aryl methyl sites for hydroxylation is 1. The van der Waals surface area contributed by atoms with Gasteiger partial charge < -0.3 is 5.32 Å². The molecule has 0 aromatic heterocycles. The summed E-state index contributed by atoms with van der Waals surface area (Å²) in [5, 5.41) is 3.13. The third-order valence-electron chi connectivity index (χ3n) is 5.04. The topological polar surface area (TPSA) is 66.5 Å². The van der Waals surface area contributed by atoms with Crippen LogP contribution in [-0.4, -0.2) is 27.1 Å². The van der Waals surface area contributed by atoms with Crippen LogP contribution < -0.4 is 9.62 Å². The summed E-state index contributed by atoms with van der Waals surface area (Å²) in [6.45, 7) is 6.60. The van der Waals surface area contributed by atoms with Crippen molar-refractivity contribution >= 4 is 21.6 Å². The van der Waals surface area contributed by atoms with Gasteiger partial charge >= 0.3 is 0 Å². The van der Waals surface area contributed by atoms with Crippen LogP contribution in [0.5, 0.6) is 0 Å². The van der Waals surface area contributed by atoms with E-state index in [1.807, 2.05) is 54.6 Å². The van der Waals surface area contributed by atoms with Crippen molar-refractivity contribution in [1.82, 2.24) is 5.32 Å². The number of sulfonamides is 1. The summed E-state index contributed by atoms with van der Waals surface area (Å²) < 4.78 is 25.9.